The number of amides is 2. The molecule has 3 aliphatic heterocycles. The number of anilines is 1. The third-order valence-corrected chi connectivity index (χ3v) is 10.8. The number of ether oxygens (including phenoxy) is 1. The Hall–Kier alpha value is -5.17. The molecule has 0 bridgehead atoms. The Balaban J connectivity index is 0.888. The summed E-state index contributed by atoms with van der Waals surface area (Å²) in [6.45, 7) is 5.07. The first kappa shape index (κ1) is 38.1. The molecule has 4 aromatic rings. The Morgan fingerprint density at radius 3 is 2.27 bits per heavy atom. The van der Waals surface area contributed by atoms with Crippen molar-refractivity contribution in [2.45, 2.75) is 63.8 Å². The molecule has 0 radical (unpaired) electrons. The number of halogens is 2. The van der Waals surface area contributed by atoms with Crippen LogP contribution in [0.25, 0.3) is 11.1 Å². The number of hydrogen-bond donors (Lipinski definition) is 3. The third kappa shape index (κ3) is 8.88. The molecule has 4 heterocycles. The fourth-order valence-electron chi connectivity index (χ4n) is 7.80. The number of allylic oxidation sites excluding steroid dienone is 1. The highest BCUT2D eigenvalue weighted by atomic mass is 19.3. The minimum absolute atomic E-state index is 0.183. The standard InChI is InChI=1S/C43H47F2N5O5/c1-2-34(29-7-4-3-5-8-29)40(30-9-13-32(51)14-10-30)31-11-15-33(16-12-31)55-28-43(44,45)21-6-22-48-23-25-49(26-24-48)38-19-17-35-36(46-38)27-50(42(35)54)37-18-20-39(52)47-41(37)53/h3-5,7-17,19,37,42,51,54H,2,6,18,20-28H2,1H3,(H,47,52,53)/b40-34-. The van der Waals surface area contributed by atoms with Gasteiger partial charge in [0, 0.05) is 51.1 Å². The van der Waals surface area contributed by atoms with E-state index in [-0.39, 0.29) is 24.5 Å². The number of aromatic hydroxyl groups is 1. The quantitative estimate of drug-likeness (QED) is 0.106. The highest BCUT2D eigenvalue weighted by Crippen LogP contribution is 2.37. The van der Waals surface area contributed by atoms with E-state index >= 15 is 8.78 Å². The molecule has 10 nitrogen and oxygen atoms in total. The van der Waals surface area contributed by atoms with Crippen molar-refractivity contribution < 1.29 is 33.3 Å². The van der Waals surface area contributed by atoms with Crippen LogP contribution in [0.1, 0.15) is 73.2 Å². The van der Waals surface area contributed by atoms with Crippen molar-refractivity contribution in [1.82, 2.24) is 20.1 Å². The van der Waals surface area contributed by atoms with Crippen molar-refractivity contribution in [2.24, 2.45) is 0 Å². The maximum Gasteiger partial charge on any atom is 0.281 e. The lowest BCUT2D eigenvalue weighted by atomic mass is 9.88. The number of phenolic OH excluding ortho intramolecular Hbond substituents is 1. The molecular formula is C43H47F2N5O5. The summed E-state index contributed by atoms with van der Waals surface area (Å²) in [7, 11) is 0. The van der Waals surface area contributed by atoms with E-state index in [2.05, 4.69) is 34.2 Å². The number of pyridine rings is 1. The van der Waals surface area contributed by atoms with Gasteiger partial charge in [-0.05, 0) is 90.0 Å². The van der Waals surface area contributed by atoms with E-state index in [1.165, 1.54) is 0 Å². The van der Waals surface area contributed by atoms with Gasteiger partial charge in [0.05, 0.1) is 11.7 Å². The second-order valence-corrected chi connectivity index (χ2v) is 14.4. The summed E-state index contributed by atoms with van der Waals surface area (Å²) >= 11 is 0. The van der Waals surface area contributed by atoms with Gasteiger partial charge in [0.15, 0.2) is 6.61 Å². The fourth-order valence-corrected chi connectivity index (χ4v) is 7.80. The van der Waals surface area contributed by atoms with E-state index in [4.69, 9.17) is 9.72 Å². The molecule has 1 aromatic heterocycles. The SMILES string of the molecule is CC/C(=C(\c1ccc(O)cc1)c1ccc(OCC(F)(F)CCCN2CCN(c3ccc4c(n3)CN(C3CCC(=O)NC3=O)C4O)CC2)cc1)c1ccccc1. The van der Waals surface area contributed by atoms with Gasteiger partial charge in [-0.2, -0.15) is 0 Å². The van der Waals surface area contributed by atoms with Crippen LogP contribution in [0.2, 0.25) is 0 Å². The highest BCUT2D eigenvalue weighted by Gasteiger charge is 2.40. The fraction of sp³-hybridized carbons (Fsp3) is 0.372. The molecule has 3 N–H and O–H groups in total. The first-order valence-electron chi connectivity index (χ1n) is 19.0. The second-order valence-electron chi connectivity index (χ2n) is 14.4. The zero-order valence-electron chi connectivity index (χ0n) is 31.0. The lowest BCUT2D eigenvalue weighted by Crippen LogP contribution is -2.51. The molecule has 3 aliphatic rings. The van der Waals surface area contributed by atoms with Gasteiger partial charge < -0.3 is 19.8 Å². The average molecular weight is 752 g/mol. The number of hydrogen-bond acceptors (Lipinski definition) is 9. The molecule has 12 heteroatoms. The van der Waals surface area contributed by atoms with Gasteiger partial charge in [0.25, 0.3) is 5.92 Å². The molecule has 2 unspecified atom stereocenters. The van der Waals surface area contributed by atoms with Crippen LogP contribution in [0.4, 0.5) is 14.6 Å². The zero-order valence-corrected chi connectivity index (χ0v) is 31.0. The summed E-state index contributed by atoms with van der Waals surface area (Å²) in [4.78, 5) is 34.8. The number of aliphatic hydroxyl groups is 1. The lowest BCUT2D eigenvalue weighted by molar-refractivity contribution is -0.141. The molecule has 288 valence electrons. The number of rotatable bonds is 13. The van der Waals surface area contributed by atoms with Crippen LogP contribution in [0, 0.1) is 0 Å². The highest BCUT2D eigenvalue weighted by molar-refractivity contribution is 6.00. The number of aliphatic hydroxyl groups excluding tert-OH is 1. The van der Waals surface area contributed by atoms with Crippen molar-refractivity contribution in [2.75, 3.05) is 44.2 Å². The van der Waals surface area contributed by atoms with E-state index in [0.29, 0.717) is 69.1 Å². The van der Waals surface area contributed by atoms with Gasteiger partial charge in [0.2, 0.25) is 11.8 Å². The van der Waals surface area contributed by atoms with Gasteiger partial charge in [-0.15, -0.1) is 0 Å². The van der Waals surface area contributed by atoms with Gasteiger partial charge in [-0.25, -0.2) is 13.8 Å². The summed E-state index contributed by atoms with van der Waals surface area (Å²) in [5.41, 5.74) is 6.47. The van der Waals surface area contributed by atoms with Gasteiger partial charge in [-0.1, -0.05) is 61.5 Å². The Bertz CT molecular complexity index is 2000. The van der Waals surface area contributed by atoms with E-state index in [1.54, 1.807) is 29.2 Å². The van der Waals surface area contributed by atoms with Crippen LogP contribution >= 0.6 is 0 Å². The van der Waals surface area contributed by atoms with E-state index < -0.39 is 30.7 Å². The lowest BCUT2D eigenvalue weighted by Gasteiger charge is -2.35. The van der Waals surface area contributed by atoms with Crippen LogP contribution in [0.15, 0.2) is 91.0 Å². The van der Waals surface area contributed by atoms with Gasteiger partial charge in [-0.3, -0.25) is 24.7 Å². The number of fused-ring (bicyclic) bond motifs is 1. The molecule has 0 aliphatic carbocycles. The third-order valence-electron chi connectivity index (χ3n) is 10.8. The molecule has 3 aromatic carbocycles. The van der Waals surface area contributed by atoms with Crippen molar-refractivity contribution in [3.05, 3.63) is 119 Å². The summed E-state index contributed by atoms with van der Waals surface area (Å²) in [5, 5.41) is 23.2. The van der Waals surface area contributed by atoms with Gasteiger partial charge >= 0.3 is 0 Å². The Kier molecular flexibility index (Phi) is 11.6. The molecule has 2 atom stereocenters. The van der Waals surface area contributed by atoms with Crippen molar-refractivity contribution >= 4 is 28.8 Å². The van der Waals surface area contributed by atoms with E-state index in [9.17, 15) is 19.8 Å². The smallest absolute Gasteiger partial charge is 0.281 e. The molecule has 7 rings (SSSR count). The van der Waals surface area contributed by atoms with Crippen LogP contribution in [0.5, 0.6) is 11.5 Å². The molecule has 55 heavy (non-hydrogen) atoms. The molecule has 2 saturated heterocycles. The summed E-state index contributed by atoms with van der Waals surface area (Å²) < 4.78 is 35.7. The largest absolute Gasteiger partial charge is 0.508 e. The van der Waals surface area contributed by atoms with Gasteiger partial charge in [0.1, 0.15) is 23.5 Å². The van der Waals surface area contributed by atoms with E-state index in [1.807, 2.05) is 54.6 Å². The monoisotopic (exact) mass is 751 g/mol. The number of phenols is 1. The van der Waals surface area contributed by atoms with Crippen LogP contribution < -0.4 is 15.0 Å². The molecule has 0 saturated carbocycles. The average Bonchev–Trinajstić information content (AvgIpc) is 3.52. The first-order chi connectivity index (χ1) is 26.6. The number of alkyl halides is 2. The van der Waals surface area contributed by atoms with Crippen molar-refractivity contribution in [3.63, 3.8) is 0 Å². The number of imide groups is 1. The predicted octanol–water partition coefficient (Wildman–Crippen LogP) is 6.38. The van der Waals surface area contributed by atoms with E-state index in [0.717, 1.165) is 40.1 Å². The second kappa shape index (κ2) is 16.7. The normalized spacial score (nSPS) is 19.9. The Morgan fingerprint density at radius 1 is 0.909 bits per heavy atom. The van der Waals surface area contributed by atoms with Crippen molar-refractivity contribution in [3.8, 4) is 11.5 Å². The molecule has 2 fully saturated rings. The number of benzene rings is 3. The maximum atomic E-state index is 15.0. The predicted molar refractivity (Wildman–Crippen MR) is 206 cm³/mol. The number of carbonyl (C=O) groups excluding carboxylic acids is 2. The molecular weight excluding hydrogens is 704 g/mol. The number of carbonyl (C=O) groups is 2. The Labute approximate surface area is 320 Å². The summed E-state index contributed by atoms with van der Waals surface area (Å²) in [6.07, 6.45) is 0.448. The molecule has 2 amide bonds. The minimum atomic E-state index is -2.99. The van der Waals surface area contributed by atoms with Crippen molar-refractivity contribution in [1.29, 1.82) is 0 Å². The number of aromatic nitrogens is 1. The maximum absolute atomic E-state index is 15.0. The first-order valence-corrected chi connectivity index (χ1v) is 19.0. The summed E-state index contributed by atoms with van der Waals surface area (Å²) in [6, 6.07) is 27.6. The number of piperidine rings is 1. The van der Waals surface area contributed by atoms with Crippen LogP contribution in [-0.4, -0.2) is 88.1 Å². The Morgan fingerprint density at radius 2 is 1.60 bits per heavy atom. The molecule has 0 spiro atoms. The number of nitrogens with one attached hydrogen (secondary N) is 1. The topological polar surface area (TPSA) is 118 Å². The minimum Gasteiger partial charge on any atom is -0.508 e. The number of piperazine rings is 1. The summed E-state index contributed by atoms with van der Waals surface area (Å²) in [5.74, 6) is -2.34. The zero-order chi connectivity index (χ0) is 38.5. The van der Waals surface area contributed by atoms with Crippen LogP contribution in [0.3, 0.4) is 0 Å². The van der Waals surface area contributed by atoms with Crippen LogP contribution in [-0.2, 0) is 16.1 Å². The number of nitrogens with zero attached hydrogens (tertiary/aromatic N) is 4.